The summed E-state index contributed by atoms with van der Waals surface area (Å²) in [7, 11) is 0. The van der Waals surface area contributed by atoms with Gasteiger partial charge in [0.1, 0.15) is 17.6 Å². The van der Waals surface area contributed by atoms with Gasteiger partial charge in [0.15, 0.2) is 0 Å². The molecule has 3 atom stereocenters. The van der Waals surface area contributed by atoms with Gasteiger partial charge in [-0.3, -0.25) is 19.7 Å². The lowest BCUT2D eigenvalue weighted by molar-refractivity contribution is -0.136. The van der Waals surface area contributed by atoms with Crippen molar-refractivity contribution in [1.29, 1.82) is 0 Å². The van der Waals surface area contributed by atoms with Gasteiger partial charge in [-0.15, -0.1) is 0 Å². The van der Waals surface area contributed by atoms with Gasteiger partial charge in [-0.1, -0.05) is 79.6 Å². The highest BCUT2D eigenvalue weighted by Crippen LogP contribution is 2.46. The van der Waals surface area contributed by atoms with E-state index < -0.39 is 17.8 Å². The molecule has 280 valence electrons. The molecule has 3 unspecified atom stereocenters. The summed E-state index contributed by atoms with van der Waals surface area (Å²) in [6.07, 6.45) is 9.02. The van der Waals surface area contributed by atoms with Crippen LogP contribution in [0.3, 0.4) is 0 Å². The zero-order valence-electron chi connectivity index (χ0n) is 31.0. The average Bonchev–Trinajstić information content (AvgIpc) is 3.52. The maximum atomic E-state index is 14.8. The number of carbonyl (C=O) groups is 3. The van der Waals surface area contributed by atoms with E-state index in [2.05, 4.69) is 89.1 Å². The Morgan fingerprint density at radius 2 is 1.50 bits per heavy atom. The molecule has 4 aromatic rings. The van der Waals surface area contributed by atoms with E-state index in [1.807, 2.05) is 0 Å². The highest BCUT2D eigenvalue weighted by Gasteiger charge is 2.41. The van der Waals surface area contributed by atoms with Crippen molar-refractivity contribution in [2.45, 2.75) is 94.5 Å². The van der Waals surface area contributed by atoms with Crippen LogP contribution in [0.1, 0.15) is 119 Å². The van der Waals surface area contributed by atoms with Crippen molar-refractivity contribution < 1.29 is 23.5 Å². The number of amides is 3. The molecule has 1 aliphatic carbocycles. The number of rotatable bonds is 12. The summed E-state index contributed by atoms with van der Waals surface area (Å²) in [5.41, 5.74) is 7.77. The molecule has 0 aromatic heterocycles. The molecule has 3 heterocycles. The van der Waals surface area contributed by atoms with Crippen molar-refractivity contribution in [3.63, 3.8) is 0 Å². The SMILES string of the molecule is O=C1CCC(N2Cc3c(cc(F)cc3C3CCN(CCCCCCOc4ccc(C5c6ccccc6CCC5c5ccccc5)cc4)CC3)C2=O)C(=O)N1. The summed E-state index contributed by atoms with van der Waals surface area (Å²) in [4.78, 5) is 41.5. The molecule has 54 heavy (non-hydrogen) atoms. The number of aryl methyl sites for hydroxylation is 1. The van der Waals surface area contributed by atoms with Crippen LogP contribution in [0, 0.1) is 5.82 Å². The van der Waals surface area contributed by atoms with E-state index in [1.54, 1.807) is 6.07 Å². The zero-order chi connectivity index (χ0) is 37.0. The van der Waals surface area contributed by atoms with Gasteiger partial charge in [-0.05, 0) is 134 Å². The molecule has 7 nitrogen and oxygen atoms in total. The molecule has 0 spiro atoms. The van der Waals surface area contributed by atoms with Crippen LogP contribution in [-0.2, 0) is 22.6 Å². The van der Waals surface area contributed by atoms with Crippen LogP contribution in [0.5, 0.6) is 5.75 Å². The van der Waals surface area contributed by atoms with E-state index in [9.17, 15) is 18.8 Å². The normalized spacial score (nSPS) is 21.8. The molecular formula is C46H50FN3O4. The van der Waals surface area contributed by atoms with E-state index in [0.29, 0.717) is 30.4 Å². The second-order valence-corrected chi connectivity index (χ2v) is 15.6. The first kappa shape index (κ1) is 36.2. The van der Waals surface area contributed by atoms with Gasteiger partial charge in [0.2, 0.25) is 11.8 Å². The lowest BCUT2D eigenvalue weighted by Crippen LogP contribution is -2.52. The Bertz CT molecular complexity index is 1970. The highest BCUT2D eigenvalue weighted by atomic mass is 19.1. The number of likely N-dealkylation sites (tertiary alicyclic amines) is 1. The van der Waals surface area contributed by atoms with Crippen molar-refractivity contribution in [3.8, 4) is 5.75 Å². The summed E-state index contributed by atoms with van der Waals surface area (Å²) in [6.45, 7) is 3.93. The standard InChI is InChI=1S/C46H50FN3O4/c47-35-28-39(41-30-50(46(53)40(41)29-35)42-20-21-43(51)48-45(42)52)33-22-25-49(26-23-33)24-8-1-2-9-27-54-36-17-14-34(15-18-36)44-37-13-7-6-12-32(37)16-19-38(44)31-10-4-3-5-11-31/h3-7,10-15,17-18,28-29,33,38,42,44H,1-2,8-9,16,19-27,30H2,(H,48,51,52). The number of halogens is 1. The average molecular weight is 728 g/mol. The van der Waals surface area contributed by atoms with E-state index in [-0.39, 0.29) is 30.7 Å². The Labute approximate surface area is 317 Å². The first-order chi connectivity index (χ1) is 26.4. The number of unbranched alkanes of at least 4 members (excludes halogenated alkanes) is 3. The van der Waals surface area contributed by atoms with Crippen molar-refractivity contribution in [2.75, 3.05) is 26.2 Å². The number of hydrogen-bond acceptors (Lipinski definition) is 5. The van der Waals surface area contributed by atoms with Gasteiger partial charge >= 0.3 is 0 Å². The summed E-state index contributed by atoms with van der Waals surface area (Å²) in [5, 5.41) is 2.35. The van der Waals surface area contributed by atoms with Crippen LogP contribution in [0.2, 0.25) is 0 Å². The molecule has 0 radical (unpaired) electrons. The molecule has 2 saturated heterocycles. The Hall–Kier alpha value is -4.82. The summed E-state index contributed by atoms with van der Waals surface area (Å²) < 4.78 is 21.0. The molecule has 8 heteroatoms. The lowest BCUT2D eigenvalue weighted by Gasteiger charge is -2.34. The first-order valence-corrected chi connectivity index (χ1v) is 20.0. The molecule has 4 aromatic carbocycles. The molecule has 4 aliphatic rings. The van der Waals surface area contributed by atoms with Gasteiger partial charge < -0.3 is 14.5 Å². The number of nitrogens with zero attached hydrogens (tertiary/aromatic N) is 2. The third-order valence-corrected chi connectivity index (χ3v) is 12.3. The van der Waals surface area contributed by atoms with E-state index in [0.717, 1.165) is 87.9 Å². The van der Waals surface area contributed by atoms with Gasteiger partial charge in [-0.2, -0.15) is 0 Å². The highest BCUT2D eigenvalue weighted by molar-refractivity contribution is 6.05. The lowest BCUT2D eigenvalue weighted by atomic mass is 9.69. The van der Waals surface area contributed by atoms with Crippen LogP contribution in [-0.4, -0.2) is 59.8 Å². The predicted molar refractivity (Wildman–Crippen MR) is 207 cm³/mol. The van der Waals surface area contributed by atoms with Crippen LogP contribution in [0.4, 0.5) is 4.39 Å². The fourth-order valence-electron chi connectivity index (χ4n) is 9.47. The topological polar surface area (TPSA) is 79.0 Å². The van der Waals surface area contributed by atoms with Gasteiger partial charge in [-0.25, -0.2) is 4.39 Å². The van der Waals surface area contributed by atoms with Crippen LogP contribution >= 0.6 is 0 Å². The number of fused-ring (bicyclic) bond motifs is 2. The Morgan fingerprint density at radius 3 is 2.30 bits per heavy atom. The van der Waals surface area contributed by atoms with Crippen molar-refractivity contribution in [1.82, 2.24) is 15.1 Å². The van der Waals surface area contributed by atoms with E-state index in [4.69, 9.17) is 4.74 Å². The minimum absolute atomic E-state index is 0.176. The van der Waals surface area contributed by atoms with Crippen LogP contribution in [0.15, 0.2) is 91.0 Å². The molecule has 0 saturated carbocycles. The molecule has 8 rings (SSSR count). The number of nitrogens with one attached hydrogen (secondary N) is 1. The summed E-state index contributed by atoms with van der Waals surface area (Å²) in [6, 6.07) is 30.9. The van der Waals surface area contributed by atoms with E-state index in [1.165, 1.54) is 33.2 Å². The predicted octanol–water partition coefficient (Wildman–Crippen LogP) is 8.27. The second-order valence-electron chi connectivity index (χ2n) is 15.6. The Morgan fingerprint density at radius 1 is 0.741 bits per heavy atom. The van der Waals surface area contributed by atoms with Crippen molar-refractivity contribution in [3.05, 3.63) is 136 Å². The van der Waals surface area contributed by atoms with E-state index >= 15 is 0 Å². The van der Waals surface area contributed by atoms with Crippen molar-refractivity contribution in [2.24, 2.45) is 0 Å². The molecule has 3 amide bonds. The Balaban J connectivity index is 0.771. The monoisotopic (exact) mass is 727 g/mol. The third-order valence-electron chi connectivity index (χ3n) is 12.3. The number of imide groups is 1. The fourth-order valence-corrected chi connectivity index (χ4v) is 9.47. The summed E-state index contributed by atoms with van der Waals surface area (Å²) >= 11 is 0. The summed E-state index contributed by atoms with van der Waals surface area (Å²) in [5.74, 6) is 0.410. The van der Waals surface area contributed by atoms with Crippen LogP contribution in [0.25, 0.3) is 0 Å². The smallest absolute Gasteiger partial charge is 0.255 e. The molecular weight excluding hydrogens is 678 g/mol. The second kappa shape index (κ2) is 16.3. The molecule has 1 N–H and O–H groups in total. The van der Waals surface area contributed by atoms with Gasteiger partial charge in [0, 0.05) is 24.4 Å². The number of piperidine rings is 2. The van der Waals surface area contributed by atoms with Crippen LogP contribution < -0.4 is 10.1 Å². The number of hydrogen-bond donors (Lipinski definition) is 1. The molecule has 2 fully saturated rings. The minimum Gasteiger partial charge on any atom is -0.494 e. The quantitative estimate of drug-likeness (QED) is 0.118. The first-order valence-electron chi connectivity index (χ1n) is 20.0. The third kappa shape index (κ3) is 7.72. The largest absolute Gasteiger partial charge is 0.494 e. The maximum Gasteiger partial charge on any atom is 0.255 e. The molecule has 3 aliphatic heterocycles. The molecule has 0 bridgehead atoms. The minimum atomic E-state index is -0.697. The zero-order valence-corrected chi connectivity index (χ0v) is 31.0. The maximum absolute atomic E-state index is 14.8. The van der Waals surface area contributed by atoms with Crippen molar-refractivity contribution >= 4 is 17.7 Å². The van der Waals surface area contributed by atoms with Gasteiger partial charge in [0.25, 0.3) is 5.91 Å². The number of benzene rings is 4. The number of ether oxygens (including phenoxy) is 1. The fraction of sp³-hybridized carbons (Fsp3) is 0.413. The Kier molecular flexibility index (Phi) is 10.9. The van der Waals surface area contributed by atoms with Gasteiger partial charge in [0.05, 0.1) is 6.61 Å². The number of carbonyl (C=O) groups excluding carboxylic acids is 3.